The summed E-state index contributed by atoms with van der Waals surface area (Å²) < 4.78 is 1.48. The Labute approximate surface area is 85.5 Å². The summed E-state index contributed by atoms with van der Waals surface area (Å²) in [5, 5.41) is 4.46. The normalized spacial score (nSPS) is 10.7. The number of aryl methyl sites for hydroxylation is 1. The molecular weight excluding hydrogens is 202 g/mol. The first kappa shape index (κ1) is 9.15. The third-order valence-corrected chi connectivity index (χ3v) is 2.33. The van der Waals surface area contributed by atoms with E-state index in [1.54, 1.807) is 12.1 Å². The summed E-state index contributed by atoms with van der Waals surface area (Å²) in [7, 11) is 0. The lowest BCUT2D eigenvalue weighted by Crippen LogP contribution is -1.94. The van der Waals surface area contributed by atoms with E-state index in [1.165, 1.54) is 4.52 Å². The van der Waals surface area contributed by atoms with Gasteiger partial charge in [-0.25, -0.2) is 9.50 Å². The van der Waals surface area contributed by atoms with Gasteiger partial charge in [-0.1, -0.05) is 18.5 Å². The van der Waals surface area contributed by atoms with E-state index < -0.39 is 0 Å². The van der Waals surface area contributed by atoms with E-state index in [0.29, 0.717) is 22.6 Å². The van der Waals surface area contributed by atoms with Gasteiger partial charge in [0.05, 0.1) is 5.56 Å². The molecule has 0 aromatic carbocycles. The Morgan fingerprint density at radius 2 is 2.36 bits per heavy atom. The van der Waals surface area contributed by atoms with E-state index >= 15 is 0 Å². The fourth-order valence-electron chi connectivity index (χ4n) is 1.21. The Kier molecular flexibility index (Phi) is 2.21. The highest BCUT2D eigenvalue weighted by atomic mass is 35.5. The van der Waals surface area contributed by atoms with Gasteiger partial charge in [-0.2, -0.15) is 0 Å². The molecule has 0 unspecified atom stereocenters. The summed E-state index contributed by atoms with van der Waals surface area (Å²) in [6, 6.07) is 3.36. The largest absolute Gasteiger partial charge is 0.298 e. The smallest absolute Gasteiger partial charge is 0.157 e. The molecule has 0 aliphatic heterocycles. The number of fused-ring (bicyclic) bond motifs is 1. The molecule has 2 rings (SSSR count). The third kappa shape index (κ3) is 1.28. The van der Waals surface area contributed by atoms with Crippen molar-refractivity contribution < 1.29 is 4.79 Å². The molecule has 0 saturated heterocycles. The molecule has 2 aromatic heterocycles. The van der Waals surface area contributed by atoms with Crippen molar-refractivity contribution in [1.82, 2.24) is 14.6 Å². The van der Waals surface area contributed by atoms with Crippen molar-refractivity contribution in [2.24, 2.45) is 0 Å². The van der Waals surface area contributed by atoms with E-state index in [0.717, 1.165) is 12.2 Å². The average molecular weight is 210 g/mol. The van der Waals surface area contributed by atoms with Gasteiger partial charge in [-0.15, -0.1) is 5.10 Å². The zero-order valence-corrected chi connectivity index (χ0v) is 8.32. The quantitative estimate of drug-likeness (QED) is 0.559. The van der Waals surface area contributed by atoms with Gasteiger partial charge >= 0.3 is 0 Å². The average Bonchev–Trinajstić information content (AvgIpc) is 2.62. The Morgan fingerprint density at radius 1 is 1.57 bits per heavy atom. The van der Waals surface area contributed by atoms with E-state index in [9.17, 15) is 4.79 Å². The molecule has 0 saturated carbocycles. The van der Waals surface area contributed by atoms with E-state index in [-0.39, 0.29) is 0 Å². The van der Waals surface area contributed by atoms with Crippen LogP contribution in [0.4, 0.5) is 0 Å². The fraction of sp³-hybridized carbons (Fsp3) is 0.222. The highest BCUT2D eigenvalue weighted by molar-refractivity contribution is 6.32. The number of halogens is 1. The highest BCUT2D eigenvalue weighted by Gasteiger charge is 2.08. The number of carbonyl (C=O) groups is 1. The van der Waals surface area contributed by atoms with Crippen LogP contribution in [0.2, 0.25) is 5.15 Å². The SMILES string of the molecule is CCc1nc2ccc(C=O)c(Cl)n2n1. The summed E-state index contributed by atoms with van der Waals surface area (Å²) in [6.45, 7) is 1.96. The van der Waals surface area contributed by atoms with Crippen molar-refractivity contribution in [3.05, 3.63) is 28.7 Å². The number of nitrogens with zero attached hydrogens (tertiary/aromatic N) is 3. The summed E-state index contributed by atoms with van der Waals surface area (Å²) in [5.74, 6) is 0.718. The van der Waals surface area contributed by atoms with Crippen LogP contribution in [0.3, 0.4) is 0 Å². The second-order valence-electron chi connectivity index (χ2n) is 2.85. The Balaban J connectivity index is 2.74. The zero-order chi connectivity index (χ0) is 10.1. The first-order valence-electron chi connectivity index (χ1n) is 4.25. The Bertz CT molecular complexity index is 492. The number of carbonyl (C=O) groups excluding carboxylic acids is 1. The van der Waals surface area contributed by atoms with Gasteiger partial charge in [-0.3, -0.25) is 4.79 Å². The summed E-state index contributed by atoms with van der Waals surface area (Å²) in [6.07, 6.45) is 1.45. The van der Waals surface area contributed by atoms with Crippen molar-refractivity contribution >= 4 is 23.5 Å². The van der Waals surface area contributed by atoms with E-state index in [2.05, 4.69) is 10.1 Å². The molecule has 2 heterocycles. The third-order valence-electron chi connectivity index (χ3n) is 1.96. The van der Waals surface area contributed by atoms with Crippen LogP contribution < -0.4 is 0 Å². The maximum atomic E-state index is 10.6. The number of rotatable bonds is 2. The number of hydrogen-bond donors (Lipinski definition) is 0. The summed E-state index contributed by atoms with van der Waals surface area (Å²) in [4.78, 5) is 14.8. The van der Waals surface area contributed by atoms with E-state index in [1.807, 2.05) is 6.92 Å². The summed E-state index contributed by atoms with van der Waals surface area (Å²) in [5.41, 5.74) is 1.09. The summed E-state index contributed by atoms with van der Waals surface area (Å²) >= 11 is 5.94. The van der Waals surface area contributed by atoms with Crippen molar-refractivity contribution in [2.75, 3.05) is 0 Å². The maximum Gasteiger partial charge on any atom is 0.157 e. The molecule has 0 atom stereocenters. The predicted molar refractivity (Wildman–Crippen MR) is 52.8 cm³/mol. The number of hydrogen-bond acceptors (Lipinski definition) is 3. The molecule has 0 bridgehead atoms. The topological polar surface area (TPSA) is 47.3 Å². The van der Waals surface area contributed by atoms with Crippen molar-refractivity contribution in [1.29, 1.82) is 0 Å². The van der Waals surface area contributed by atoms with Gasteiger partial charge in [0.15, 0.2) is 17.8 Å². The molecule has 2 aromatic rings. The Morgan fingerprint density at radius 3 is 3.00 bits per heavy atom. The molecule has 0 spiro atoms. The zero-order valence-electron chi connectivity index (χ0n) is 7.57. The fourth-order valence-corrected chi connectivity index (χ4v) is 1.45. The van der Waals surface area contributed by atoms with Gasteiger partial charge in [0.25, 0.3) is 0 Å². The van der Waals surface area contributed by atoms with Gasteiger partial charge < -0.3 is 0 Å². The van der Waals surface area contributed by atoms with Crippen LogP contribution in [0.15, 0.2) is 12.1 Å². The first-order valence-corrected chi connectivity index (χ1v) is 4.63. The molecule has 0 aliphatic rings. The molecule has 4 nitrogen and oxygen atoms in total. The van der Waals surface area contributed by atoms with Crippen molar-refractivity contribution in [3.63, 3.8) is 0 Å². The minimum atomic E-state index is 0.310. The first-order chi connectivity index (χ1) is 6.76. The minimum Gasteiger partial charge on any atom is -0.298 e. The number of aldehydes is 1. The van der Waals surface area contributed by atoms with Gasteiger partial charge in [0.2, 0.25) is 0 Å². The number of aromatic nitrogens is 3. The molecule has 72 valence electrons. The lowest BCUT2D eigenvalue weighted by molar-refractivity contribution is 0.112. The molecule has 0 aliphatic carbocycles. The number of pyridine rings is 1. The lowest BCUT2D eigenvalue weighted by atomic mass is 10.3. The van der Waals surface area contributed by atoms with Crippen LogP contribution in [0.5, 0.6) is 0 Å². The van der Waals surface area contributed by atoms with Crippen LogP contribution in [0.25, 0.3) is 5.65 Å². The van der Waals surface area contributed by atoms with Gasteiger partial charge in [0.1, 0.15) is 5.15 Å². The maximum absolute atomic E-state index is 10.6. The molecule has 14 heavy (non-hydrogen) atoms. The van der Waals surface area contributed by atoms with Gasteiger partial charge in [-0.05, 0) is 12.1 Å². The molecule has 0 radical (unpaired) electrons. The van der Waals surface area contributed by atoms with Crippen molar-refractivity contribution in [2.45, 2.75) is 13.3 Å². The Hall–Kier alpha value is -1.42. The second kappa shape index (κ2) is 3.38. The van der Waals surface area contributed by atoms with E-state index in [4.69, 9.17) is 11.6 Å². The van der Waals surface area contributed by atoms with Crippen molar-refractivity contribution in [3.8, 4) is 0 Å². The standard InChI is InChI=1S/C9H8ClN3O/c1-2-7-11-8-4-3-6(5-14)9(10)13(8)12-7/h3-5H,2H2,1H3. The van der Waals surface area contributed by atoms with Gasteiger partial charge in [0, 0.05) is 6.42 Å². The van der Waals surface area contributed by atoms with Crippen LogP contribution in [-0.2, 0) is 6.42 Å². The lowest BCUT2D eigenvalue weighted by Gasteiger charge is -1.97. The minimum absolute atomic E-state index is 0.310. The highest BCUT2D eigenvalue weighted by Crippen LogP contribution is 2.15. The second-order valence-corrected chi connectivity index (χ2v) is 3.21. The predicted octanol–water partition coefficient (Wildman–Crippen LogP) is 1.76. The van der Waals surface area contributed by atoms with Crippen LogP contribution in [-0.4, -0.2) is 20.9 Å². The molecule has 0 fully saturated rings. The molecule has 5 heteroatoms. The molecular formula is C9H8ClN3O. The molecule has 0 N–H and O–H groups in total. The van der Waals surface area contributed by atoms with Crippen LogP contribution in [0, 0.1) is 0 Å². The van der Waals surface area contributed by atoms with Crippen LogP contribution >= 0.6 is 11.6 Å². The molecule has 0 amide bonds. The monoisotopic (exact) mass is 209 g/mol. The van der Waals surface area contributed by atoms with Crippen LogP contribution in [0.1, 0.15) is 23.1 Å².